The van der Waals surface area contributed by atoms with Gasteiger partial charge in [0.15, 0.2) is 5.13 Å². The molecule has 0 unspecified atom stereocenters. The highest BCUT2D eigenvalue weighted by Gasteiger charge is 2.24. The number of nitrogens with zero attached hydrogens (tertiary/aromatic N) is 5. The number of morpholine rings is 1. The molecule has 1 aromatic carbocycles. The number of amides is 1. The minimum atomic E-state index is -0.0777. The van der Waals surface area contributed by atoms with E-state index < -0.39 is 0 Å². The number of rotatable bonds is 7. The van der Waals surface area contributed by atoms with Gasteiger partial charge < -0.3 is 9.47 Å². The molecule has 2 aromatic heterocycles. The highest BCUT2D eigenvalue weighted by Crippen LogP contribution is 2.32. The maximum absolute atomic E-state index is 13.4. The highest BCUT2D eigenvalue weighted by atomic mass is 32.1. The topological polar surface area (TPSA) is 72.7 Å². The Balaban J connectivity index is 1.59. The first kappa shape index (κ1) is 20.8. The van der Waals surface area contributed by atoms with Crippen LogP contribution in [0.5, 0.6) is 5.75 Å². The van der Waals surface area contributed by atoms with Gasteiger partial charge in [-0.3, -0.25) is 19.3 Å². The zero-order chi connectivity index (χ0) is 21.1. The summed E-state index contributed by atoms with van der Waals surface area (Å²) in [7, 11) is 3.44. The standard InChI is InChI=1S/C21H27N5O3S/c1-15-13-18(24(2)23-15)20(27)26(8-4-7-25-9-11-29-12-10-25)21-22-17-14-16(28-3)5-6-19(17)30-21/h5-6,13-14H,4,7-12H2,1-3H3. The zero-order valence-electron chi connectivity index (χ0n) is 17.6. The molecule has 0 N–H and O–H groups in total. The van der Waals surface area contributed by atoms with Crippen LogP contribution in [0.25, 0.3) is 10.2 Å². The van der Waals surface area contributed by atoms with E-state index in [2.05, 4.69) is 10.00 Å². The van der Waals surface area contributed by atoms with Gasteiger partial charge in [-0.15, -0.1) is 0 Å². The van der Waals surface area contributed by atoms with E-state index in [9.17, 15) is 4.79 Å². The van der Waals surface area contributed by atoms with E-state index in [0.29, 0.717) is 17.4 Å². The van der Waals surface area contributed by atoms with Crippen LogP contribution >= 0.6 is 11.3 Å². The largest absolute Gasteiger partial charge is 0.497 e. The van der Waals surface area contributed by atoms with Crippen LogP contribution in [-0.4, -0.2) is 72.1 Å². The summed E-state index contributed by atoms with van der Waals surface area (Å²) in [5, 5.41) is 5.04. The van der Waals surface area contributed by atoms with Gasteiger partial charge in [-0.1, -0.05) is 11.3 Å². The Morgan fingerprint density at radius 1 is 1.30 bits per heavy atom. The third-order valence-electron chi connectivity index (χ3n) is 5.24. The quantitative estimate of drug-likeness (QED) is 0.575. The Hall–Kier alpha value is -2.49. The summed E-state index contributed by atoms with van der Waals surface area (Å²) in [5.41, 5.74) is 2.22. The molecule has 160 valence electrons. The van der Waals surface area contributed by atoms with E-state index in [4.69, 9.17) is 14.5 Å². The van der Waals surface area contributed by atoms with Gasteiger partial charge in [0.1, 0.15) is 11.4 Å². The third kappa shape index (κ3) is 4.48. The van der Waals surface area contributed by atoms with E-state index >= 15 is 0 Å². The van der Waals surface area contributed by atoms with Gasteiger partial charge in [0, 0.05) is 39.3 Å². The van der Waals surface area contributed by atoms with Crippen LogP contribution in [-0.2, 0) is 11.8 Å². The van der Waals surface area contributed by atoms with Gasteiger partial charge in [-0.05, 0) is 31.5 Å². The zero-order valence-corrected chi connectivity index (χ0v) is 18.4. The highest BCUT2D eigenvalue weighted by molar-refractivity contribution is 7.22. The second-order valence-corrected chi connectivity index (χ2v) is 8.40. The number of anilines is 1. The van der Waals surface area contributed by atoms with E-state index in [1.165, 1.54) is 11.3 Å². The summed E-state index contributed by atoms with van der Waals surface area (Å²) in [6.07, 6.45) is 0.863. The maximum atomic E-state index is 13.4. The lowest BCUT2D eigenvalue weighted by Crippen LogP contribution is -2.39. The summed E-state index contributed by atoms with van der Waals surface area (Å²) >= 11 is 1.52. The van der Waals surface area contributed by atoms with Crippen LogP contribution in [0.15, 0.2) is 24.3 Å². The molecule has 1 amide bonds. The molecule has 1 aliphatic heterocycles. The predicted octanol–water partition coefficient (Wildman–Crippen LogP) is 2.72. The lowest BCUT2D eigenvalue weighted by molar-refractivity contribution is 0.0376. The van der Waals surface area contributed by atoms with Crippen LogP contribution in [0.2, 0.25) is 0 Å². The van der Waals surface area contributed by atoms with Crippen molar-refractivity contribution in [3.63, 3.8) is 0 Å². The molecule has 0 radical (unpaired) electrons. The number of hydrogen-bond acceptors (Lipinski definition) is 7. The summed E-state index contributed by atoms with van der Waals surface area (Å²) < 4.78 is 13.4. The molecule has 8 nitrogen and oxygen atoms in total. The molecule has 0 spiro atoms. The number of methoxy groups -OCH3 is 1. The van der Waals surface area contributed by atoms with Crippen LogP contribution in [0.1, 0.15) is 22.6 Å². The fourth-order valence-corrected chi connectivity index (χ4v) is 4.62. The first-order valence-corrected chi connectivity index (χ1v) is 10.9. The van der Waals surface area contributed by atoms with Crippen molar-refractivity contribution < 1.29 is 14.3 Å². The smallest absolute Gasteiger partial charge is 0.278 e. The Labute approximate surface area is 180 Å². The number of carbonyl (C=O) groups is 1. The summed E-state index contributed by atoms with van der Waals surface area (Å²) in [6, 6.07) is 7.63. The lowest BCUT2D eigenvalue weighted by atomic mass is 10.3. The molecule has 3 heterocycles. The molecule has 1 fully saturated rings. The average Bonchev–Trinajstić information content (AvgIpc) is 3.33. The average molecular weight is 430 g/mol. The predicted molar refractivity (Wildman–Crippen MR) is 118 cm³/mol. The molecule has 0 atom stereocenters. The molecular weight excluding hydrogens is 402 g/mol. The van der Waals surface area contributed by atoms with Gasteiger partial charge in [-0.2, -0.15) is 5.10 Å². The van der Waals surface area contributed by atoms with E-state index in [1.807, 2.05) is 31.2 Å². The molecular formula is C21H27N5O3S. The molecule has 30 heavy (non-hydrogen) atoms. The molecule has 0 aliphatic carbocycles. The van der Waals surface area contributed by atoms with Crippen molar-refractivity contribution in [3.05, 3.63) is 35.7 Å². The Morgan fingerprint density at radius 2 is 2.10 bits per heavy atom. The minimum absolute atomic E-state index is 0.0777. The fourth-order valence-electron chi connectivity index (χ4n) is 3.65. The van der Waals surface area contributed by atoms with Crippen LogP contribution < -0.4 is 9.64 Å². The Morgan fingerprint density at radius 3 is 2.80 bits per heavy atom. The normalized spacial score (nSPS) is 14.9. The van der Waals surface area contributed by atoms with Crippen molar-refractivity contribution in [2.45, 2.75) is 13.3 Å². The van der Waals surface area contributed by atoms with Crippen molar-refractivity contribution in [3.8, 4) is 5.75 Å². The van der Waals surface area contributed by atoms with E-state index in [0.717, 1.165) is 60.9 Å². The molecule has 1 aliphatic rings. The van der Waals surface area contributed by atoms with Gasteiger partial charge in [0.05, 0.1) is 36.2 Å². The fraction of sp³-hybridized carbons (Fsp3) is 0.476. The van der Waals surface area contributed by atoms with Crippen LogP contribution in [0.3, 0.4) is 0 Å². The Bertz CT molecular complexity index is 1020. The molecule has 3 aromatic rings. The Kier molecular flexibility index (Phi) is 6.31. The first-order chi connectivity index (χ1) is 14.5. The number of fused-ring (bicyclic) bond motifs is 1. The number of benzene rings is 1. The first-order valence-electron chi connectivity index (χ1n) is 10.1. The number of aromatic nitrogens is 3. The second kappa shape index (κ2) is 9.11. The van der Waals surface area contributed by atoms with Gasteiger partial charge >= 0.3 is 0 Å². The summed E-state index contributed by atoms with van der Waals surface area (Å²) in [6.45, 7) is 6.84. The molecule has 0 saturated carbocycles. The van der Waals surface area contributed by atoms with E-state index in [1.54, 1.807) is 23.7 Å². The monoisotopic (exact) mass is 429 g/mol. The third-order valence-corrected chi connectivity index (χ3v) is 6.30. The van der Waals surface area contributed by atoms with Crippen LogP contribution in [0.4, 0.5) is 5.13 Å². The summed E-state index contributed by atoms with van der Waals surface area (Å²) in [4.78, 5) is 22.3. The van der Waals surface area contributed by atoms with Crippen molar-refractivity contribution in [1.82, 2.24) is 19.7 Å². The molecule has 1 saturated heterocycles. The van der Waals surface area contributed by atoms with Crippen molar-refractivity contribution in [2.24, 2.45) is 7.05 Å². The maximum Gasteiger partial charge on any atom is 0.278 e. The van der Waals surface area contributed by atoms with Gasteiger partial charge in [0.2, 0.25) is 0 Å². The van der Waals surface area contributed by atoms with Crippen molar-refractivity contribution in [2.75, 3.05) is 51.4 Å². The number of aryl methyl sites for hydroxylation is 2. The van der Waals surface area contributed by atoms with Crippen molar-refractivity contribution >= 4 is 32.6 Å². The molecule has 4 rings (SSSR count). The lowest BCUT2D eigenvalue weighted by Gasteiger charge is -2.27. The number of ether oxygens (including phenoxy) is 2. The number of hydrogen-bond donors (Lipinski definition) is 0. The van der Waals surface area contributed by atoms with Crippen LogP contribution in [0, 0.1) is 6.92 Å². The molecule has 0 bridgehead atoms. The SMILES string of the molecule is COc1ccc2sc(N(CCCN3CCOCC3)C(=O)c3cc(C)nn3C)nc2c1. The number of carbonyl (C=O) groups excluding carboxylic acids is 1. The van der Waals surface area contributed by atoms with Crippen molar-refractivity contribution in [1.29, 1.82) is 0 Å². The summed E-state index contributed by atoms with van der Waals surface area (Å²) in [5.74, 6) is 0.679. The second-order valence-electron chi connectivity index (χ2n) is 7.39. The van der Waals surface area contributed by atoms with E-state index in [-0.39, 0.29) is 5.91 Å². The molecule has 9 heteroatoms. The minimum Gasteiger partial charge on any atom is -0.497 e. The van der Waals surface area contributed by atoms with Gasteiger partial charge in [-0.25, -0.2) is 4.98 Å². The van der Waals surface area contributed by atoms with Gasteiger partial charge in [0.25, 0.3) is 5.91 Å². The number of thiazole rings is 1.